The number of halogens is 1. The van der Waals surface area contributed by atoms with Crippen molar-refractivity contribution in [1.82, 2.24) is 14.5 Å². The molecule has 0 N–H and O–H groups in total. The molecule has 0 radical (unpaired) electrons. The van der Waals surface area contributed by atoms with Crippen LogP contribution in [0.4, 0.5) is 0 Å². The van der Waals surface area contributed by atoms with E-state index in [2.05, 4.69) is 14.7 Å². The Hall–Kier alpha value is -2.25. The summed E-state index contributed by atoms with van der Waals surface area (Å²) in [6.45, 7) is 4.08. The summed E-state index contributed by atoms with van der Waals surface area (Å²) in [4.78, 5) is 32.9. The van der Waals surface area contributed by atoms with Gasteiger partial charge in [0.25, 0.3) is 5.78 Å². The second kappa shape index (κ2) is 6.33. The standard InChI is InChI=1S/C16H14ClN3O3S/c1-8-4-10-13(14(21)16(22)23-3)9(2)20(15(10)19-5-8)7-12-18-6-11(17)24-12/h4-6H,7H2,1-3H3. The Kier molecular flexibility index (Phi) is 4.38. The number of aromatic nitrogens is 3. The van der Waals surface area contributed by atoms with E-state index in [4.69, 9.17) is 11.6 Å². The number of methoxy groups -OCH3 is 1. The number of ketones is 1. The van der Waals surface area contributed by atoms with Gasteiger partial charge in [0.2, 0.25) is 0 Å². The molecule has 24 heavy (non-hydrogen) atoms. The lowest BCUT2D eigenvalue weighted by Crippen LogP contribution is -2.17. The van der Waals surface area contributed by atoms with Crippen LogP contribution in [0, 0.1) is 13.8 Å². The van der Waals surface area contributed by atoms with E-state index >= 15 is 0 Å². The highest BCUT2D eigenvalue weighted by Crippen LogP contribution is 2.28. The first-order chi connectivity index (χ1) is 11.4. The highest BCUT2D eigenvalue weighted by atomic mass is 35.5. The number of carbonyl (C=O) groups is 2. The third-order valence-electron chi connectivity index (χ3n) is 3.71. The summed E-state index contributed by atoms with van der Waals surface area (Å²) in [5, 5.41) is 1.42. The van der Waals surface area contributed by atoms with Gasteiger partial charge >= 0.3 is 5.97 Å². The molecule has 0 fully saturated rings. The van der Waals surface area contributed by atoms with Crippen LogP contribution in [-0.4, -0.2) is 33.4 Å². The fourth-order valence-electron chi connectivity index (χ4n) is 2.62. The summed E-state index contributed by atoms with van der Waals surface area (Å²) in [5.41, 5.74) is 2.48. The number of esters is 1. The van der Waals surface area contributed by atoms with Gasteiger partial charge in [-0.05, 0) is 25.5 Å². The summed E-state index contributed by atoms with van der Waals surface area (Å²) in [5.74, 6) is -1.57. The van der Waals surface area contributed by atoms with E-state index in [0.29, 0.717) is 33.2 Å². The molecule has 0 amide bonds. The number of pyridine rings is 1. The number of carbonyl (C=O) groups excluding carboxylic acids is 2. The zero-order valence-electron chi connectivity index (χ0n) is 13.3. The molecule has 0 aliphatic heterocycles. The number of hydrogen-bond acceptors (Lipinski definition) is 6. The molecule has 0 atom stereocenters. The minimum absolute atomic E-state index is 0.315. The summed E-state index contributed by atoms with van der Waals surface area (Å²) in [6.07, 6.45) is 3.31. The van der Waals surface area contributed by atoms with Gasteiger partial charge in [-0.1, -0.05) is 11.6 Å². The lowest BCUT2D eigenvalue weighted by atomic mass is 10.1. The van der Waals surface area contributed by atoms with Crippen LogP contribution in [0.15, 0.2) is 18.5 Å². The molecule has 0 bridgehead atoms. The molecule has 0 aromatic carbocycles. The first-order valence-electron chi connectivity index (χ1n) is 7.10. The summed E-state index contributed by atoms with van der Waals surface area (Å²) < 4.78 is 7.04. The topological polar surface area (TPSA) is 74.1 Å². The highest BCUT2D eigenvalue weighted by molar-refractivity contribution is 7.15. The lowest BCUT2D eigenvalue weighted by molar-refractivity contribution is -0.135. The maximum absolute atomic E-state index is 12.4. The minimum Gasteiger partial charge on any atom is -0.463 e. The largest absolute Gasteiger partial charge is 0.463 e. The van der Waals surface area contributed by atoms with Gasteiger partial charge in [0.1, 0.15) is 15.0 Å². The van der Waals surface area contributed by atoms with Crippen molar-refractivity contribution in [3.63, 3.8) is 0 Å². The molecular formula is C16H14ClN3O3S. The van der Waals surface area contributed by atoms with E-state index in [9.17, 15) is 9.59 Å². The molecule has 8 heteroatoms. The third-order valence-corrected chi connectivity index (χ3v) is 4.81. The quantitative estimate of drug-likeness (QED) is 0.404. The molecule has 0 spiro atoms. The van der Waals surface area contributed by atoms with Crippen molar-refractivity contribution in [2.75, 3.05) is 7.11 Å². The van der Waals surface area contributed by atoms with Gasteiger partial charge in [-0.15, -0.1) is 11.3 Å². The van der Waals surface area contributed by atoms with Gasteiger partial charge < -0.3 is 9.30 Å². The van der Waals surface area contributed by atoms with Crippen molar-refractivity contribution in [3.05, 3.63) is 44.6 Å². The second-order valence-electron chi connectivity index (χ2n) is 5.31. The molecule has 0 saturated heterocycles. The zero-order chi connectivity index (χ0) is 17.4. The summed E-state index contributed by atoms with van der Waals surface area (Å²) in [7, 11) is 1.19. The van der Waals surface area contributed by atoms with Crippen molar-refractivity contribution in [2.45, 2.75) is 20.4 Å². The average Bonchev–Trinajstić information content (AvgIpc) is 3.08. The predicted octanol–water partition coefficient (Wildman–Crippen LogP) is 3.17. The molecule has 6 nitrogen and oxygen atoms in total. The molecule has 3 heterocycles. The van der Waals surface area contributed by atoms with Crippen molar-refractivity contribution < 1.29 is 14.3 Å². The lowest BCUT2D eigenvalue weighted by Gasteiger charge is -2.05. The Morgan fingerprint density at radius 1 is 1.29 bits per heavy atom. The minimum atomic E-state index is -0.893. The predicted molar refractivity (Wildman–Crippen MR) is 91.8 cm³/mol. The third kappa shape index (κ3) is 2.81. The SMILES string of the molecule is COC(=O)C(=O)c1c(C)n(Cc2ncc(Cl)s2)c2ncc(C)cc12. The fraction of sp³-hybridized carbons (Fsp3) is 0.250. The maximum atomic E-state index is 12.4. The summed E-state index contributed by atoms with van der Waals surface area (Å²) in [6, 6.07) is 1.84. The van der Waals surface area contributed by atoms with E-state index in [0.717, 1.165) is 10.6 Å². The Bertz CT molecular complexity index is 961. The smallest absolute Gasteiger partial charge is 0.379 e. The number of fused-ring (bicyclic) bond motifs is 1. The highest BCUT2D eigenvalue weighted by Gasteiger charge is 2.26. The van der Waals surface area contributed by atoms with E-state index in [1.807, 2.05) is 17.6 Å². The van der Waals surface area contributed by atoms with Crippen LogP contribution >= 0.6 is 22.9 Å². The molecule has 3 rings (SSSR count). The van der Waals surface area contributed by atoms with Gasteiger partial charge in [-0.3, -0.25) is 4.79 Å². The number of nitrogens with zero attached hydrogens (tertiary/aromatic N) is 3. The van der Waals surface area contributed by atoms with Crippen LogP contribution in [-0.2, 0) is 16.1 Å². The Morgan fingerprint density at radius 3 is 2.67 bits per heavy atom. The number of thiazole rings is 1. The van der Waals surface area contributed by atoms with Gasteiger partial charge in [-0.2, -0.15) is 0 Å². The van der Waals surface area contributed by atoms with Gasteiger partial charge in [0.15, 0.2) is 0 Å². The maximum Gasteiger partial charge on any atom is 0.379 e. The number of Topliss-reactive ketones (excluding diaryl/α,β-unsaturated/α-hetero) is 1. The van der Waals surface area contributed by atoms with Crippen LogP contribution in [0.1, 0.15) is 26.6 Å². The Labute approximate surface area is 147 Å². The second-order valence-corrected chi connectivity index (χ2v) is 7.06. The van der Waals surface area contributed by atoms with Gasteiger partial charge in [0.05, 0.1) is 25.4 Å². The Balaban J connectivity index is 2.21. The molecule has 3 aromatic heterocycles. The van der Waals surface area contributed by atoms with Crippen LogP contribution in [0.2, 0.25) is 4.34 Å². The normalized spacial score (nSPS) is 11.0. The molecule has 0 aliphatic carbocycles. The van der Waals surface area contributed by atoms with Crippen LogP contribution in [0.25, 0.3) is 11.0 Å². The molecule has 0 saturated carbocycles. The summed E-state index contributed by atoms with van der Waals surface area (Å²) >= 11 is 7.30. The van der Waals surface area contributed by atoms with Crippen LogP contribution < -0.4 is 0 Å². The van der Waals surface area contributed by atoms with E-state index < -0.39 is 11.8 Å². The van der Waals surface area contributed by atoms with Crippen molar-refractivity contribution >= 4 is 45.7 Å². The van der Waals surface area contributed by atoms with Crippen LogP contribution in [0.5, 0.6) is 0 Å². The molecule has 0 unspecified atom stereocenters. The first kappa shape index (κ1) is 16.6. The van der Waals surface area contributed by atoms with Crippen molar-refractivity contribution in [2.24, 2.45) is 0 Å². The first-order valence-corrected chi connectivity index (χ1v) is 8.30. The average molecular weight is 364 g/mol. The molecule has 3 aromatic rings. The monoisotopic (exact) mass is 363 g/mol. The van der Waals surface area contributed by atoms with Crippen LogP contribution in [0.3, 0.4) is 0 Å². The van der Waals surface area contributed by atoms with E-state index in [1.165, 1.54) is 18.4 Å². The van der Waals surface area contributed by atoms with Gasteiger partial charge in [-0.25, -0.2) is 14.8 Å². The van der Waals surface area contributed by atoms with E-state index in [1.54, 1.807) is 19.3 Å². The molecule has 124 valence electrons. The molecule has 0 aliphatic rings. The van der Waals surface area contributed by atoms with Crippen molar-refractivity contribution in [3.8, 4) is 0 Å². The number of aryl methyl sites for hydroxylation is 1. The molecular weight excluding hydrogens is 350 g/mol. The van der Waals surface area contributed by atoms with Gasteiger partial charge in [0, 0.05) is 17.3 Å². The number of ether oxygens (including phenoxy) is 1. The van der Waals surface area contributed by atoms with Crippen molar-refractivity contribution in [1.29, 1.82) is 0 Å². The fourth-order valence-corrected chi connectivity index (χ4v) is 3.57. The zero-order valence-corrected chi connectivity index (χ0v) is 14.9. The number of rotatable bonds is 4. The Morgan fingerprint density at radius 2 is 2.04 bits per heavy atom. The number of hydrogen-bond donors (Lipinski definition) is 0. The van der Waals surface area contributed by atoms with E-state index in [-0.39, 0.29) is 0 Å².